The quantitative estimate of drug-likeness (QED) is 0.137. The fraction of sp³-hybridized carbons (Fsp3) is 0.486. The minimum atomic E-state index is -0.999. The van der Waals surface area contributed by atoms with Crippen molar-refractivity contribution in [3.8, 4) is 0 Å². The van der Waals surface area contributed by atoms with Crippen LogP contribution in [0.25, 0.3) is 0 Å². The number of H-pyrrole nitrogens is 1. The molecule has 0 radical (unpaired) electrons. The third-order valence-electron chi connectivity index (χ3n) is 9.21. The first-order valence-corrected chi connectivity index (χ1v) is 16.9. The van der Waals surface area contributed by atoms with Gasteiger partial charge in [0.2, 0.25) is 11.8 Å². The smallest absolute Gasteiger partial charge is 0.253 e. The number of aromatic nitrogens is 3. The molecule has 5 atom stereocenters. The Morgan fingerprint density at radius 1 is 0.979 bits per heavy atom. The van der Waals surface area contributed by atoms with Gasteiger partial charge in [-0.15, -0.1) is 6.58 Å². The number of benzene rings is 1. The zero-order valence-electron chi connectivity index (χ0n) is 27.6. The number of amides is 3. The molecule has 1 aliphatic carbocycles. The highest BCUT2D eigenvalue weighted by atomic mass is 16.3. The molecule has 0 unspecified atom stereocenters. The van der Waals surface area contributed by atoms with Gasteiger partial charge in [-0.25, -0.2) is 4.98 Å². The largest absolute Gasteiger partial charge is 0.391 e. The molecule has 0 spiro atoms. The van der Waals surface area contributed by atoms with Crippen LogP contribution in [0.4, 0.5) is 0 Å². The second-order valence-electron chi connectivity index (χ2n) is 13.1. The molecule has 10 nitrogen and oxygen atoms in total. The fourth-order valence-electron chi connectivity index (χ4n) is 6.35. The van der Waals surface area contributed by atoms with E-state index >= 15 is 0 Å². The van der Waals surface area contributed by atoms with E-state index in [2.05, 4.69) is 51.3 Å². The van der Waals surface area contributed by atoms with Crippen LogP contribution in [0.15, 0.2) is 80.0 Å². The Bertz CT molecular complexity index is 1390. The van der Waals surface area contributed by atoms with E-state index in [-0.39, 0.29) is 18.8 Å². The highest BCUT2D eigenvalue weighted by Crippen LogP contribution is 2.30. The van der Waals surface area contributed by atoms with Crippen LogP contribution in [-0.4, -0.2) is 62.0 Å². The van der Waals surface area contributed by atoms with Gasteiger partial charge in [0.1, 0.15) is 12.1 Å². The molecule has 0 aliphatic heterocycles. The normalized spacial score (nSPS) is 16.8. The summed E-state index contributed by atoms with van der Waals surface area (Å²) in [5.41, 5.74) is 1.77. The van der Waals surface area contributed by atoms with Crippen molar-refractivity contribution in [2.24, 2.45) is 17.8 Å². The Labute approximate surface area is 278 Å². The van der Waals surface area contributed by atoms with Gasteiger partial charge < -0.3 is 26.0 Å². The number of carbonyl (C=O) groups is 3. The van der Waals surface area contributed by atoms with Crippen LogP contribution in [0.2, 0.25) is 0 Å². The van der Waals surface area contributed by atoms with Crippen molar-refractivity contribution < 1.29 is 19.5 Å². The third-order valence-corrected chi connectivity index (χ3v) is 9.21. The van der Waals surface area contributed by atoms with Crippen molar-refractivity contribution in [3.63, 3.8) is 0 Å². The molecular weight excluding hydrogens is 592 g/mol. The molecule has 2 heterocycles. The number of hydrogen-bond acceptors (Lipinski definition) is 6. The number of carbonyl (C=O) groups excluding carboxylic acids is 3. The van der Waals surface area contributed by atoms with Crippen LogP contribution in [-0.2, 0) is 22.4 Å². The second-order valence-corrected chi connectivity index (χ2v) is 13.1. The van der Waals surface area contributed by atoms with E-state index < -0.39 is 42.0 Å². The molecule has 3 amide bonds. The summed E-state index contributed by atoms with van der Waals surface area (Å²) in [5, 5.41) is 20.4. The zero-order valence-corrected chi connectivity index (χ0v) is 27.6. The monoisotopic (exact) mass is 642 g/mol. The highest BCUT2D eigenvalue weighted by molar-refractivity contribution is 5.98. The number of aromatic amines is 1. The number of aliphatic hydroxyl groups is 1. The summed E-state index contributed by atoms with van der Waals surface area (Å²) < 4.78 is 0. The minimum Gasteiger partial charge on any atom is -0.391 e. The molecule has 2 aromatic heterocycles. The van der Waals surface area contributed by atoms with Gasteiger partial charge >= 0.3 is 0 Å². The molecule has 1 fully saturated rings. The van der Waals surface area contributed by atoms with E-state index in [9.17, 15) is 19.5 Å². The predicted octanol–water partition coefficient (Wildman–Crippen LogP) is 4.54. The first-order chi connectivity index (χ1) is 22.7. The van der Waals surface area contributed by atoms with Crippen molar-refractivity contribution in [1.29, 1.82) is 0 Å². The molecule has 10 heteroatoms. The molecule has 0 bridgehead atoms. The van der Waals surface area contributed by atoms with E-state index in [0.717, 1.165) is 31.2 Å². The van der Waals surface area contributed by atoms with E-state index in [1.54, 1.807) is 24.5 Å². The summed E-state index contributed by atoms with van der Waals surface area (Å²) in [6.45, 7) is 8.17. The molecule has 1 aliphatic rings. The summed E-state index contributed by atoms with van der Waals surface area (Å²) in [4.78, 5) is 52.4. The molecule has 5 N–H and O–H groups in total. The summed E-state index contributed by atoms with van der Waals surface area (Å²) >= 11 is 0. The summed E-state index contributed by atoms with van der Waals surface area (Å²) in [7, 11) is 0. The molecular formula is C37H50N6O4. The van der Waals surface area contributed by atoms with Crippen LogP contribution in [0.3, 0.4) is 0 Å². The Balaban J connectivity index is 1.55. The summed E-state index contributed by atoms with van der Waals surface area (Å²) in [6.07, 6.45) is 14.4. The van der Waals surface area contributed by atoms with Crippen LogP contribution < -0.4 is 16.0 Å². The van der Waals surface area contributed by atoms with Gasteiger partial charge in [-0.2, -0.15) is 0 Å². The number of nitrogens with zero attached hydrogens (tertiary/aromatic N) is 2. The number of nitrogens with one attached hydrogen (secondary N) is 4. The maximum atomic E-state index is 14.1. The van der Waals surface area contributed by atoms with Gasteiger partial charge in [-0.05, 0) is 48.3 Å². The number of allylic oxidation sites excluding steroid dienone is 1. The second kappa shape index (κ2) is 18.1. The number of pyridine rings is 1. The summed E-state index contributed by atoms with van der Waals surface area (Å²) in [6, 6.07) is 10.2. The maximum absolute atomic E-state index is 14.1. The lowest BCUT2D eigenvalue weighted by atomic mass is 9.81. The van der Waals surface area contributed by atoms with Crippen LogP contribution in [0.5, 0.6) is 0 Å². The van der Waals surface area contributed by atoms with Crippen molar-refractivity contribution in [2.45, 2.75) is 95.9 Å². The average Bonchev–Trinajstić information content (AvgIpc) is 3.60. The predicted molar refractivity (Wildman–Crippen MR) is 182 cm³/mol. The Kier molecular flexibility index (Phi) is 13.7. The Morgan fingerprint density at radius 3 is 2.34 bits per heavy atom. The molecule has 252 valence electrons. The lowest BCUT2D eigenvalue weighted by Gasteiger charge is -2.33. The van der Waals surface area contributed by atoms with Gasteiger partial charge in [0.05, 0.1) is 29.7 Å². The van der Waals surface area contributed by atoms with E-state index in [1.807, 2.05) is 36.4 Å². The molecule has 1 aromatic carbocycles. The highest BCUT2D eigenvalue weighted by Gasteiger charge is 2.33. The fourth-order valence-corrected chi connectivity index (χ4v) is 6.35. The number of hydrogen-bond donors (Lipinski definition) is 5. The van der Waals surface area contributed by atoms with E-state index in [4.69, 9.17) is 0 Å². The van der Waals surface area contributed by atoms with Crippen LogP contribution >= 0.6 is 0 Å². The number of aliphatic hydroxyl groups excluding tert-OH is 1. The summed E-state index contributed by atoms with van der Waals surface area (Å²) in [5.74, 6) is -0.557. The molecule has 47 heavy (non-hydrogen) atoms. The van der Waals surface area contributed by atoms with Crippen LogP contribution in [0.1, 0.15) is 80.4 Å². The SMILES string of the molecule is C=C[C@@H](C[C@H](O)[C@H](CC1CCCCC1)NC(=O)[C@H](Cc1c[nH]cn1)NC(=O)[C@H](Cc1ccccc1)NC(=O)c1cccnc1)C(C)C. The van der Waals surface area contributed by atoms with Gasteiger partial charge in [0, 0.05) is 31.4 Å². The topological polar surface area (TPSA) is 149 Å². The van der Waals surface area contributed by atoms with Gasteiger partial charge in [-0.1, -0.05) is 82.4 Å². The molecule has 3 aromatic rings. The Morgan fingerprint density at radius 2 is 1.70 bits per heavy atom. The van der Waals surface area contributed by atoms with Crippen LogP contribution in [0, 0.1) is 17.8 Å². The standard InChI is InChI=1S/C37H50N6O4/c1-4-28(25(2)3)20-34(44)31(18-26-12-7-5-8-13-26)41-37(47)33(21-30-23-39-24-40-30)43-36(46)32(19-27-14-9-6-10-15-27)42-35(45)29-16-11-17-38-22-29/h4,6,9-11,14-17,22-26,28,31-34,44H,1,5,7-8,12-13,18-21H2,2-3H3,(H,39,40)(H,41,47)(H,42,45)(H,43,46)/t28-,31-,32-,33-,34-/m0/s1. The van der Waals surface area contributed by atoms with Crippen molar-refractivity contribution >= 4 is 17.7 Å². The van der Waals surface area contributed by atoms with E-state index in [1.165, 1.54) is 18.9 Å². The third kappa shape index (κ3) is 11.2. The zero-order chi connectivity index (χ0) is 33.6. The molecule has 4 rings (SSSR count). The van der Waals surface area contributed by atoms with Gasteiger partial charge in [-0.3, -0.25) is 19.4 Å². The first-order valence-electron chi connectivity index (χ1n) is 16.9. The molecule has 1 saturated carbocycles. The number of rotatable bonds is 17. The molecule has 0 saturated heterocycles. The van der Waals surface area contributed by atoms with Crippen molar-refractivity contribution in [2.75, 3.05) is 0 Å². The van der Waals surface area contributed by atoms with Gasteiger partial charge in [0.15, 0.2) is 0 Å². The number of imidazole rings is 1. The lowest BCUT2D eigenvalue weighted by Crippen LogP contribution is -2.57. The van der Waals surface area contributed by atoms with Crippen molar-refractivity contribution in [1.82, 2.24) is 30.9 Å². The Hall–Kier alpha value is -4.31. The average molecular weight is 643 g/mol. The maximum Gasteiger partial charge on any atom is 0.253 e. The first kappa shape index (κ1) is 35.5. The minimum absolute atomic E-state index is 0.0949. The van der Waals surface area contributed by atoms with E-state index in [0.29, 0.717) is 35.9 Å². The van der Waals surface area contributed by atoms with Gasteiger partial charge in [0.25, 0.3) is 5.91 Å². The lowest BCUT2D eigenvalue weighted by molar-refractivity contribution is -0.131. The van der Waals surface area contributed by atoms with Crippen molar-refractivity contribution in [3.05, 3.63) is 96.9 Å².